The van der Waals surface area contributed by atoms with Gasteiger partial charge < -0.3 is 29.4 Å². The first-order valence-corrected chi connectivity index (χ1v) is 12.2. The number of H-pyrrole nitrogens is 2. The highest BCUT2D eigenvalue weighted by molar-refractivity contribution is 6.01. The van der Waals surface area contributed by atoms with E-state index >= 15 is 4.39 Å². The van der Waals surface area contributed by atoms with Crippen LogP contribution in [0.3, 0.4) is 0 Å². The van der Waals surface area contributed by atoms with Crippen LogP contribution < -0.4 is 19.5 Å². The third-order valence-corrected chi connectivity index (χ3v) is 6.40. The van der Waals surface area contributed by atoms with E-state index in [0.717, 1.165) is 11.3 Å². The fourth-order valence-electron chi connectivity index (χ4n) is 4.26. The molecule has 11 nitrogen and oxygen atoms in total. The molecule has 0 saturated heterocycles. The van der Waals surface area contributed by atoms with Gasteiger partial charge in [-0.1, -0.05) is 0 Å². The minimum absolute atomic E-state index is 0.0409. The van der Waals surface area contributed by atoms with Crippen molar-refractivity contribution in [3.8, 4) is 34.4 Å². The van der Waals surface area contributed by atoms with Gasteiger partial charge in [0.25, 0.3) is 5.91 Å². The Labute approximate surface area is 221 Å². The number of ether oxygens (including phenoxy) is 3. The van der Waals surface area contributed by atoms with E-state index in [0.29, 0.717) is 40.5 Å². The summed E-state index contributed by atoms with van der Waals surface area (Å²) >= 11 is 0. The number of amides is 1. The highest BCUT2D eigenvalue weighted by Gasteiger charge is 2.25. The molecule has 12 heteroatoms. The predicted molar refractivity (Wildman–Crippen MR) is 141 cm³/mol. The van der Waals surface area contributed by atoms with E-state index in [-0.39, 0.29) is 29.8 Å². The zero-order valence-corrected chi connectivity index (χ0v) is 21.3. The van der Waals surface area contributed by atoms with E-state index in [9.17, 15) is 4.79 Å². The van der Waals surface area contributed by atoms with Crippen molar-refractivity contribution in [1.82, 2.24) is 30.0 Å². The van der Waals surface area contributed by atoms with Crippen LogP contribution >= 0.6 is 0 Å². The molecule has 3 aromatic heterocycles. The quantitative estimate of drug-likeness (QED) is 0.264. The molecule has 198 valence electrons. The van der Waals surface area contributed by atoms with Gasteiger partial charge in [-0.3, -0.25) is 9.89 Å². The Morgan fingerprint density at radius 2 is 2.00 bits per heavy atom. The Balaban J connectivity index is 1.35. The molecular weight excluding hydrogens is 505 g/mol. The fraction of sp³-hybridized carbons (Fsp3) is 0.185. The summed E-state index contributed by atoms with van der Waals surface area (Å²) < 4.78 is 32.0. The van der Waals surface area contributed by atoms with Gasteiger partial charge in [0.15, 0.2) is 34.7 Å². The minimum atomic E-state index is -0.562. The second-order valence-corrected chi connectivity index (χ2v) is 8.97. The van der Waals surface area contributed by atoms with E-state index in [2.05, 4.69) is 30.5 Å². The number of aromatic nitrogens is 5. The van der Waals surface area contributed by atoms with Crippen molar-refractivity contribution in [3.63, 3.8) is 0 Å². The van der Waals surface area contributed by atoms with Gasteiger partial charge in [-0.15, -0.1) is 0 Å². The molecule has 5 aromatic rings. The number of carbonyl (C=O) groups excluding carboxylic acids is 1. The van der Waals surface area contributed by atoms with Gasteiger partial charge in [0.1, 0.15) is 11.9 Å². The van der Waals surface area contributed by atoms with Crippen LogP contribution in [0.1, 0.15) is 23.0 Å². The Morgan fingerprint density at radius 3 is 2.85 bits per heavy atom. The highest BCUT2D eigenvalue weighted by Crippen LogP contribution is 2.37. The first kappa shape index (κ1) is 24.2. The third kappa shape index (κ3) is 4.45. The smallest absolute Gasteiger partial charge is 0.262 e. The number of nitrogens with zero attached hydrogens (tertiary/aromatic N) is 4. The first-order valence-electron chi connectivity index (χ1n) is 12.2. The summed E-state index contributed by atoms with van der Waals surface area (Å²) in [5.74, 6) is 0.762. The Kier molecular flexibility index (Phi) is 5.98. The standard InChI is InChI=1S/C27H24FN7O4/c1-4-35(3)27(36)23-25(32-22-11-18(33-34-22)15-5-7-19-21(10-15)38-13-37-19)29-12-30-26(23)39-20-8-6-17-16(24(20)28)9-14(2)31-17/h5-12,31H,4,13H2,1-3H3,(H2,29,30,32,33,34). The normalized spacial score (nSPS) is 12.1. The van der Waals surface area contributed by atoms with Gasteiger partial charge in [-0.05, 0) is 50.2 Å². The monoisotopic (exact) mass is 529 g/mol. The zero-order chi connectivity index (χ0) is 27.1. The maximum atomic E-state index is 15.3. The molecule has 0 unspecified atom stereocenters. The van der Waals surface area contributed by atoms with Gasteiger partial charge in [0.05, 0.1) is 5.69 Å². The number of hydrogen-bond acceptors (Lipinski definition) is 8. The molecule has 0 atom stereocenters. The molecule has 0 saturated carbocycles. The molecule has 4 heterocycles. The number of benzene rings is 2. The molecule has 0 bridgehead atoms. The lowest BCUT2D eigenvalue weighted by molar-refractivity contribution is 0.0799. The molecule has 0 fully saturated rings. The summed E-state index contributed by atoms with van der Waals surface area (Å²) in [5, 5.41) is 10.7. The van der Waals surface area contributed by atoms with Crippen molar-refractivity contribution in [1.29, 1.82) is 0 Å². The summed E-state index contributed by atoms with van der Waals surface area (Å²) in [6.07, 6.45) is 1.24. The molecule has 1 amide bonds. The number of hydrogen-bond donors (Lipinski definition) is 3. The van der Waals surface area contributed by atoms with Crippen molar-refractivity contribution < 1.29 is 23.4 Å². The Bertz CT molecular complexity index is 1710. The molecule has 1 aliphatic rings. The fourth-order valence-corrected chi connectivity index (χ4v) is 4.26. The van der Waals surface area contributed by atoms with E-state index in [1.165, 1.54) is 17.3 Å². The molecule has 0 radical (unpaired) electrons. The molecule has 3 N–H and O–H groups in total. The maximum absolute atomic E-state index is 15.3. The summed E-state index contributed by atoms with van der Waals surface area (Å²) in [5.41, 5.74) is 3.03. The predicted octanol–water partition coefficient (Wildman–Crippen LogP) is 5.15. The lowest BCUT2D eigenvalue weighted by Crippen LogP contribution is -2.28. The van der Waals surface area contributed by atoms with Gasteiger partial charge in [-0.2, -0.15) is 5.10 Å². The Hall–Kier alpha value is -5.13. The lowest BCUT2D eigenvalue weighted by Gasteiger charge is -2.19. The molecule has 1 aliphatic heterocycles. The number of fused-ring (bicyclic) bond motifs is 2. The van der Waals surface area contributed by atoms with Crippen LogP contribution in [0.4, 0.5) is 16.0 Å². The van der Waals surface area contributed by atoms with Crippen LogP contribution in [0, 0.1) is 12.7 Å². The van der Waals surface area contributed by atoms with Gasteiger partial charge in [0.2, 0.25) is 12.7 Å². The lowest BCUT2D eigenvalue weighted by atomic mass is 10.1. The van der Waals surface area contributed by atoms with Crippen LogP contribution in [-0.2, 0) is 0 Å². The zero-order valence-electron chi connectivity index (χ0n) is 21.3. The minimum Gasteiger partial charge on any atom is -0.454 e. The number of anilines is 2. The number of aromatic amines is 2. The topological polar surface area (TPSA) is 130 Å². The third-order valence-electron chi connectivity index (χ3n) is 6.40. The van der Waals surface area contributed by atoms with E-state index in [1.54, 1.807) is 25.2 Å². The van der Waals surface area contributed by atoms with Crippen LogP contribution in [0.15, 0.2) is 48.8 Å². The number of nitrogens with one attached hydrogen (secondary N) is 3. The summed E-state index contributed by atoms with van der Waals surface area (Å²) in [4.78, 5) is 26.4. The maximum Gasteiger partial charge on any atom is 0.262 e. The van der Waals surface area contributed by atoms with Crippen molar-refractivity contribution in [2.24, 2.45) is 0 Å². The molecule has 0 aliphatic carbocycles. The molecular formula is C27H24FN7O4. The summed E-state index contributed by atoms with van der Waals surface area (Å²) in [6, 6.07) is 12.2. The first-order chi connectivity index (χ1) is 18.9. The van der Waals surface area contributed by atoms with Gasteiger partial charge in [-0.25, -0.2) is 14.4 Å². The Morgan fingerprint density at radius 1 is 1.15 bits per heavy atom. The molecule has 2 aromatic carbocycles. The number of aryl methyl sites for hydroxylation is 1. The number of rotatable bonds is 7. The summed E-state index contributed by atoms with van der Waals surface area (Å²) in [6.45, 7) is 4.28. The summed E-state index contributed by atoms with van der Waals surface area (Å²) in [7, 11) is 1.64. The highest BCUT2D eigenvalue weighted by atomic mass is 19.1. The SMILES string of the molecule is CCN(C)C(=O)c1c(Nc2cc(-c3ccc4c(c3)OCO4)[nH]n2)ncnc1Oc1ccc2[nH]c(C)cc2c1F. The second-order valence-electron chi connectivity index (χ2n) is 8.97. The largest absolute Gasteiger partial charge is 0.454 e. The van der Waals surface area contributed by atoms with Crippen molar-refractivity contribution in [2.75, 3.05) is 25.7 Å². The van der Waals surface area contributed by atoms with E-state index in [4.69, 9.17) is 14.2 Å². The van der Waals surface area contributed by atoms with Crippen LogP contribution in [0.5, 0.6) is 23.1 Å². The van der Waals surface area contributed by atoms with Crippen molar-refractivity contribution in [3.05, 3.63) is 65.9 Å². The molecule has 0 spiro atoms. The van der Waals surface area contributed by atoms with Crippen molar-refractivity contribution in [2.45, 2.75) is 13.8 Å². The second kappa shape index (κ2) is 9.63. The average molecular weight is 530 g/mol. The van der Waals surface area contributed by atoms with E-state index in [1.807, 2.05) is 32.0 Å². The molecule has 6 rings (SSSR count). The number of halogens is 1. The van der Waals surface area contributed by atoms with Crippen LogP contribution in [-0.4, -0.2) is 56.3 Å². The number of carbonyl (C=O) groups is 1. The average Bonchev–Trinajstić information content (AvgIpc) is 3.69. The van der Waals surface area contributed by atoms with Crippen molar-refractivity contribution >= 4 is 28.4 Å². The van der Waals surface area contributed by atoms with Crippen LogP contribution in [0.25, 0.3) is 22.2 Å². The van der Waals surface area contributed by atoms with Gasteiger partial charge in [0, 0.05) is 41.8 Å². The van der Waals surface area contributed by atoms with Crippen LogP contribution in [0.2, 0.25) is 0 Å². The molecule has 39 heavy (non-hydrogen) atoms. The van der Waals surface area contributed by atoms with Gasteiger partial charge >= 0.3 is 0 Å². The van der Waals surface area contributed by atoms with E-state index < -0.39 is 11.7 Å².